The van der Waals surface area contributed by atoms with Gasteiger partial charge >= 0.3 is 5.97 Å². The normalized spacial score (nSPS) is 10.7. The molecule has 9 nitrogen and oxygen atoms in total. The molecule has 0 aliphatic carbocycles. The van der Waals surface area contributed by atoms with Crippen LogP contribution in [0.3, 0.4) is 0 Å². The number of carboxylic acid groups (broad SMARTS) is 1. The van der Waals surface area contributed by atoms with Gasteiger partial charge in [-0.3, -0.25) is 14.3 Å². The van der Waals surface area contributed by atoms with E-state index in [0.717, 1.165) is 0 Å². The van der Waals surface area contributed by atoms with Crippen molar-refractivity contribution in [2.75, 3.05) is 6.61 Å². The van der Waals surface area contributed by atoms with Gasteiger partial charge in [-0.15, -0.1) is 0 Å². The van der Waals surface area contributed by atoms with Gasteiger partial charge in [0.05, 0.1) is 29.2 Å². The Labute approximate surface area is 192 Å². The number of rotatable bonds is 6. The van der Waals surface area contributed by atoms with Gasteiger partial charge in [0.1, 0.15) is 29.9 Å². The van der Waals surface area contributed by atoms with E-state index >= 15 is 0 Å². The third kappa shape index (κ3) is 4.37. The van der Waals surface area contributed by atoms with Crippen LogP contribution in [0, 0.1) is 18.3 Å². The molecule has 4 rings (SSSR count). The molecular formula is C23H16ClN5O4. The molecule has 0 fully saturated rings. The van der Waals surface area contributed by atoms with E-state index in [1.165, 1.54) is 29.2 Å². The maximum absolute atomic E-state index is 13.0. The Balaban J connectivity index is 1.64. The molecule has 0 aliphatic rings. The minimum absolute atomic E-state index is 0.106. The van der Waals surface area contributed by atoms with Crippen LogP contribution in [0.2, 0.25) is 5.02 Å². The Morgan fingerprint density at radius 3 is 2.85 bits per heavy atom. The lowest BCUT2D eigenvalue weighted by Crippen LogP contribution is -2.27. The third-order valence-corrected chi connectivity index (χ3v) is 5.22. The maximum atomic E-state index is 13.0. The van der Waals surface area contributed by atoms with E-state index in [9.17, 15) is 20.0 Å². The number of halogens is 1. The van der Waals surface area contributed by atoms with E-state index in [0.29, 0.717) is 33.2 Å². The van der Waals surface area contributed by atoms with Crippen molar-refractivity contribution in [2.45, 2.75) is 13.5 Å². The summed E-state index contributed by atoms with van der Waals surface area (Å²) in [4.78, 5) is 36.5. The number of carboxylic acids is 1. The summed E-state index contributed by atoms with van der Waals surface area (Å²) >= 11 is 6.15. The van der Waals surface area contributed by atoms with Gasteiger partial charge in [-0.2, -0.15) is 5.26 Å². The molecule has 0 spiro atoms. The van der Waals surface area contributed by atoms with Gasteiger partial charge in [0, 0.05) is 23.0 Å². The summed E-state index contributed by atoms with van der Waals surface area (Å²) in [6, 6.07) is 10.1. The predicted molar refractivity (Wildman–Crippen MR) is 120 cm³/mol. The van der Waals surface area contributed by atoms with Crippen molar-refractivity contribution in [3.05, 3.63) is 81.4 Å². The van der Waals surface area contributed by atoms with Crippen molar-refractivity contribution in [1.29, 1.82) is 5.26 Å². The molecule has 0 amide bonds. The summed E-state index contributed by atoms with van der Waals surface area (Å²) in [5, 5.41) is 19.2. The average molecular weight is 462 g/mol. The van der Waals surface area contributed by atoms with Crippen molar-refractivity contribution < 1.29 is 14.6 Å². The molecule has 10 heteroatoms. The van der Waals surface area contributed by atoms with Gasteiger partial charge in [0.25, 0.3) is 5.56 Å². The zero-order valence-electron chi connectivity index (χ0n) is 17.3. The van der Waals surface area contributed by atoms with Crippen molar-refractivity contribution >= 4 is 28.5 Å². The number of benzene rings is 1. The number of hydrogen-bond acceptors (Lipinski definition) is 7. The third-order valence-electron chi connectivity index (χ3n) is 4.98. The van der Waals surface area contributed by atoms with Gasteiger partial charge in [0.2, 0.25) is 0 Å². The number of aryl methyl sites for hydroxylation is 1. The van der Waals surface area contributed by atoms with Crippen molar-refractivity contribution in [3.63, 3.8) is 0 Å². The van der Waals surface area contributed by atoms with Gasteiger partial charge in [-0.1, -0.05) is 11.6 Å². The fourth-order valence-corrected chi connectivity index (χ4v) is 3.61. The first-order valence-corrected chi connectivity index (χ1v) is 10.1. The number of hydrogen-bond donors (Lipinski definition) is 1. The average Bonchev–Trinajstić information content (AvgIpc) is 2.81. The predicted octanol–water partition coefficient (Wildman–Crippen LogP) is 3.46. The highest BCUT2D eigenvalue weighted by atomic mass is 35.5. The zero-order chi connectivity index (χ0) is 23.5. The standard InChI is InChI=1S/C23H16ClN5O4/c1-13-28-19-12-26-11-15(10-25)21(19)22(30)29(13)6-7-33-20-3-2-16(24)9-17(20)14-4-5-27-18(8-14)23(31)32/h2-5,8-9,11-12H,6-7H2,1H3,(H,31,32). The number of aromatic nitrogens is 4. The summed E-state index contributed by atoms with van der Waals surface area (Å²) in [6.07, 6.45) is 4.18. The largest absolute Gasteiger partial charge is 0.491 e. The first-order chi connectivity index (χ1) is 15.9. The molecule has 33 heavy (non-hydrogen) atoms. The number of nitriles is 1. The molecule has 0 radical (unpaired) electrons. The smallest absolute Gasteiger partial charge is 0.354 e. The molecule has 0 saturated carbocycles. The Morgan fingerprint density at radius 2 is 2.09 bits per heavy atom. The van der Waals surface area contributed by atoms with Crippen LogP contribution in [0.4, 0.5) is 0 Å². The molecule has 0 unspecified atom stereocenters. The van der Waals surface area contributed by atoms with E-state index in [1.54, 1.807) is 31.2 Å². The lowest BCUT2D eigenvalue weighted by Gasteiger charge is -2.15. The van der Waals surface area contributed by atoms with E-state index in [4.69, 9.17) is 16.3 Å². The van der Waals surface area contributed by atoms with Crippen LogP contribution in [0.5, 0.6) is 5.75 Å². The number of ether oxygens (including phenoxy) is 1. The molecule has 1 aromatic carbocycles. The highest BCUT2D eigenvalue weighted by Gasteiger charge is 2.14. The monoisotopic (exact) mass is 461 g/mol. The molecular weight excluding hydrogens is 446 g/mol. The van der Waals surface area contributed by atoms with Crippen LogP contribution < -0.4 is 10.3 Å². The summed E-state index contributed by atoms with van der Waals surface area (Å²) in [7, 11) is 0. The number of pyridine rings is 2. The molecule has 0 atom stereocenters. The van der Waals surface area contributed by atoms with E-state index in [-0.39, 0.29) is 35.4 Å². The molecule has 0 aliphatic heterocycles. The quantitative estimate of drug-likeness (QED) is 0.461. The summed E-state index contributed by atoms with van der Waals surface area (Å²) in [6.45, 7) is 1.99. The summed E-state index contributed by atoms with van der Waals surface area (Å²) < 4.78 is 7.38. The highest BCUT2D eigenvalue weighted by molar-refractivity contribution is 6.31. The first-order valence-electron chi connectivity index (χ1n) is 9.76. The Morgan fingerprint density at radius 1 is 1.27 bits per heavy atom. The molecule has 0 saturated heterocycles. The first kappa shape index (κ1) is 21.9. The SMILES string of the molecule is Cc1nc2cncc(C#N)c2c(=O)n1CCOc1ccc(Cl)cc1-c1ccnc(C(=O)O)c1. The Hall–Kier alpha value is -4.29. The zero-order valence-corrected chi connectivity index (χ0v) is 18.1. The van der Waals surface area contributed by atoms with Crippen LogP contribution in [0.1, 0.15) is 21.9 Å². The number of carbonyl (C=O) groups is 1. The highest BCUT2D eigenvalue weighted by Crippen LogP contribution is 2.33. The molecule has 3 aromatic heterocycles. The fraction of sp³-hybridized carbons (Fsp3) is 0.130. The number of fused-ring (bicyclic) bond motifs is 1. The van der Waals surface area contributed by atoms with Crippen LogP contribution in [-0.4, -0.2) is 37.2 Å². The van der Waals surface area contributed by atoms with Gasteiger partial charge in [-0.05, 0) is 42.8 Å². The maximum Gasteiger partial charge on any atom is 0.354 e. The van der Waals surface area contributed by atoms with E-state index < -0.39 is 5.97 Å². The molecule has 4 aromatic rings. The van der Waals surface area contributed by atoms with Crippen molar-refractivity contribution in [1.82, 2.24) is 19.5 Å². The van der Waals surface area contributed by atoms with Gasteiger partial charge < -0.3 is 9.84 Å². The van der Waals surface area contributed by atoms with Crippen molar-refractivity contribution in [2.24, 2.45) is 0 Å². The topological polar surface area (TPSA) is 131 Å². The second-order valence-electron chi connectivity index (χ2n) is 7.03. The lowest BCUT2D eigenvalue weighted by atomic mass is 10.0. The molecule has 164 valence electrons. The van der Waals surface area contributed by atoms with Crippen molar-refractivity contribution in [3.8, 4) is 22.9 Å². The second-order valence-corrected chi connectivity index (χ2v) is 7.47. The summed E-state index contributed by atoms with van der Waals surface area (Å²) in [5.74, 6) is -0.222. The minimum atomic E-state index is -1.15. The minimum Gasteiger partial charge on any atom is -0.491 e. The lowest BCUT2D eigenvalue weighted by molar-refractivity contribution is 0.0690. The molecule has 0 bridgehead atoms. The van der Waals surface area contributed by atoms with Crippen LogP contribution in [-0.2, 0) is 6.54 Å². The second kappa shape index (κ2) is 9.06. The number of nitrogens with zero attached hydrogens (tertiary/aromatic N) is 5. The Bertz CT molecular complexity index is 1490. The van der Waals surface area contributed by atoms with Crippen LogP contribution in [0.15, 0.2) is 53.7 Å². The van der Waals surface area contributed by atoms with Crippen LogP contribution >= 0.6 is 11.6 Å². The fourth-order valence-electron chi connectivity index (χ4n) is 3.44. The molecule has 1 N–H and O–H groups in total. The Kier molecular flexibility index (Phi) is 6.02. The van der Waals surface area contributed by atoms with Gasteiger partial charge in [-0.25, -0.2) is 14.8 Å². The van der Waals surface area contributed by atoms with E-state index in [1.807, 2.05) is 6.07 Å². The number of aromatic carboxylic acids is 1. The summed E-state index contributed by atoms with van der Waals surface area (Å²) in [5.41, 5.74) is 1.23. The van der Waals surface area contributed by atoms with Crippen LogP contribution in [0.25, 0.3) is 22.0 Å². The van der Waals surface area contributed by atoms with Gasteiger partial charge in [0.15, 0.2) is 0 Å². The van der Waals surface area contributed by atoms with E-state index in [2.05, 4.69) is 15.0 Å². The molecule has 3 heterocycles.